The largest absolute Gasteiger partial charge is 0.488 e. The minimum Gasteiger partial charge on any atom is -0.423 e. The van der Waals surface area contributed by atoms with Crippen LogP contribution in [0.15, 0.2) is 48.5 Å². The molecule has 0 amide bonds. The molecule has 4 N–H and O–H groups in total. The summed E-state index contributed by atoms with van der Waals surface area (Å²) in [5.41, 5.74) is -2.12. The molecule has 0 heterocycles. The van der Waals surface area contributed by atoms with Crippen molar-refractivity contribution in [3.8, 4) is 0 Å². The number of halogens is 6. The highest BCUT2D eigenvalue weighted by Gasteiger charge is 2.32. The first-order chi connectivity index (χ1) is 11.8. The van der Waals surface area contributed by atoms with E-state index < -0.39 is 37.7 Å². The van der Waals surface area contributed by atoms with Gasteiger partial charge in [0.15, 0.2) is 0 Å². The molecule has 2 aromatic rings. The molecule has 140 valence electrons. The highest BCUT2D eigenvalue weighted by atomic mass is 19.4. The van der Waals surface area contributed by atoms with Crippen LogP contribution in [0.25, 0.3) is 0 Å². The average molecular weight is 380 g/mol. The Morgan fingerprint density at radius 1 is 0.577 bits per heavy atom. The maximum Gasteiger partial charge on any atom is 0.488 e. The monoisotopic (exact) mass is 380 g/mol. The Hall–Kier alpha value is -2.01. The van der Waals surface area contributed by atoms with Crippen molar-refractivity contribution in [2.24, 2.45) is 0 Å². The Kier molecular flexibility index (Phi) is 7.27. The minimum absolute atomic E-state index is 0.171. The lowest BCUT2D eigenvalue weighted by atomic mass is 9.79. The van der Waals surface area contributed by atoms with Gasteiger partial charge in [-0.25, -0.2) is 0 Å². The summed E-state index contributed by atoms with van der Waals surface area (Å²) < 4.78 is 72.4. The van der Waals surface area contributed by atoms with Gasteiger partial charge in [-0.2, -0.15) is 26.3 Å². The summed E-state index contributed by atoms with van der Waals surface area (Å²) in [6.45, 7) is 0. The van der Waals surface area contributed by atoms with E-state index in [2.05, 4.69) is 0 Å². The van der Waals surface area contributed by atoms with E-state index in [0.717, 1.165) is 24.3 Å². The molecule has 0 atom stereocenters. The molecule has 0 saturated carbocycles. The molecule has 4 nitrogen and oxygen atoms in total. The Bertz CT molecular complexity index is 658. The van der Waals surface area contributed by atoms with E-state index in [1.807, 2.05) is 0 Å². The highest BCUT2D eigenvalue weighted by molar-refractivity contribution is 6.58. The Morgan fingerprint density at radius 2 is 0.885 bits per heavy atom. The summed E-state index contributed by atoms with van der Waals surface area (Å²) >= 11 is 0. The van der Waals surface area contributed by atoms with Crippen LogP contribution < -0.4 is 10.9 Å². The van der Waals surface area contributed by atoms with Gasteiger partial charge in [0.25, 0.3) is 0 Å². The second-order valence-electron chi connectivity index (χ2n) is 4.99. The standard InChI is InChI=1S/2C7H6BF3O2/c2*9-7(10,11)5-2-1-3-6(4-5)8(12)13/h2*1-4,12-13H. The third-order valence-corrected chi connectivity index (χ3v) is 3.02. The van der Waals surface area contributed by atoms with Crippen molar-refractivity contribution >= 4 is 25.2 Å². The molecule has 0 spiro atoms. The zero-order valence-corrected chi connectivity index (χ0v) is 12.8. The number of rotatable bonds is 2. The average Bonchev–Trinajstić information content (AvgIpc) is 2.54. The van der Waals surface area contributed by atoms with Crippen LogP contribution in [0.1, 0.15) is 11.1 Å². The fraction of sp³-hybridized carbons (Fsp3) is 0.143. The molecule has 0 radical (unpaired) electrons. The molecule has 0 saturated heterocycles. The maximum atomic E-state index is 12.1. The van der Waals surface area contributed by atoms with Crippen LogP contribution in [0.2, 0.25) is 0 Å². The second-order valence-corrected chi connectivity index (χ2v) is 4.99. The molecule has 0 fully saturated rings. The van der Waals surface area contributed by atoms with Crippen LogP contribution in [-0.4, -0.2) is 34.3 Å². The maximum absolute atomic E-state index is 12.1. The molecule has 26 heavy (non-hydrogen) atoms. The summed E-state index contributed by atoms with van der Waals surface area (Å²) in [6.07, 6.45) is -8.91. The third-order valence-electron chi connectivity index (χ3n) is 3.02. The van der Waals surface area contributed by atoms with E-state index in [4.69, 9.17) is 20.1 Å². The van der Waals surface area contributed by atoms with Gasteiger partial charge in [0.1, 0.15) is 0 Å². The van der Waals surface area contributed by atoms with Crippen molar-refractivity contribution in [1.82, 2.24) is 0 Å². The summed E-state index contributed by atoms with van der Waals surface area (Å²) in [6, 6.07) is 7.79. The number of hydrogen-bond acceptors (Lipinski definition) is 4. The normalized spacial score (nSPS) is 11.5. The number of alkyl halides is 6. The van der Waals surface area contributed by atoms with Gasteiger partial charge < -0.3 is 20.1 Å². The second kappa shape index (κ2) is 8.58. The lowest BCUT2D eigenvalue weighted by Gasteiger charge is -2.07. The van der Waals surface area contributed by atoms with Gasteiger partial charge in [0, 0.05) is 0 Å². The molecule has 0 bridgehead atoms. The predicted molar refractivity (Wildman–Crippen MR) is 82.5 cm³/mol. The van der Waals surface area contributed by atoms with Crippen LogP contribution in [0.5, 0.6) is 0 Å². The fourth-order valence-corrected chi connectivity index (χ4v) is 1.75. The molecule has 0 aliphatic heterocycles. The van der Waals surface area contributed by atoms with Crippen molar-refractivity contribution in [2.45, 2.75) is 12.4 Å². The van der Waals surface area contributed by atoms with Gasteiger partial charge in [0.2, 0.25) is 0 Å². The van der Waals surface area contributed by atoms with Crippen molar-refractivity contribution < 1.29 is 46.4 Å². The van der Waals surface area contributed by atoms with Crippen LogP contribution in [0.4, 0.5) is 26.3 Å². The first kappa shape index (κ1) is 22.0. The fourth-order valence-electron chi connectivity index (χ4n) is 1.75. The molecule has 2 aromatic carbocycles. The highest BCUT2D eigenvalue weighted by Crippen LogP contribution is 2.28. The van der Waals surface area contributed by atoms with Crippen molar-refractivity contribution in [3.63, 3.8) is 0 Å². The van der Waals surface area contributed by atoms with Gasteiger partial charge in [-0.3, -0.25) is 0 Å². The third kappa shape index (κ3) is 6.71. The van der Waals surface area contributed by atoms with E-state index in [0.29, 0.717) is 12.1 Å². The van der Waals surface area contributed by atoms with E-state index in [-0.39, 0.29) is 10.9 Å². The van der Waals surface area contributed by atoms with Crippen molar-refractivity contribution in [1.29, 1.82) is 0 Å². The molecule has 12 heteroatoms. The van der Waals surface area contributed by atoms with Gasteiger partial charge in [-0.1, -0.05) is 48.5 Å². The smallest absolute Gasteiger partial charge is 0.423 e. The first-order valence-corrected chi connectivity index (χ1v) is 6.89. The molecular weight excluding hydrogens is 368 g/mol. The topological polar surface area (TPSA) is 80.9 Å². The summed E-state index contributed by atoms with van der Waals surface area (Å²) in [5, 5.41) is 34.4. The number of benzene rings is 2. The SMILES string of the molecule is OB(O)c1cccc(C(F)(F)F)c1.OB(O)c1cccc(C(F)(F)F)c1. The summed E-state index contributed by atoms with van der Waals surface area (Å²) in [7, 11) is -3.75. The van der Waals surface area contributed by atoms with Crippen LogP contribution in [0.3, 0.4) is 0 Å². The lowest BCUT2D eigenvalue weighted by molar-refractivity contribution is -0.138. The van der Waals surface area contributed by atoms with Gasteiger partial charge in [-0.15, -0.1) is 0 Å². The Labute approximate surface area is 144 Å². The van der Waals surface area contributed by atoms with Crippen LogP contribution in [-0.2, 0) is 12.4 Å². The predicted octanol–water partition coefficient (Wildman–Crippen LogP) is 0.770. The van der Waals surface area contributed by atoms with Gasteiger partial charge >= 0.3 is 26.6 Å². The van der Waals surface area contributed by atoms with Crippen molar-refractivity contribution in [3.05, 3.63) is 59.7 Å². The van der Waals surface area contributed by atoms with Crippen molar-refractivity contribution in [2.75, 3.05) is 0 Å². The Balaban J connectivity index is 0.000000260. The van der Waals surface area contributed by atoms with Gasteiger partial charge in [-0.05, 0) is 10.9 Å². The molecule has 2 rings (SSSR count). The molecule has 0 unspecified atom stereocenters. The summed E-state index contributed by atoms with van der Waals surface area (Å²) in [5.74, 6) is 0. The van der Waals surface area contributed by atoms with Gasteiger partial charge in [0.05, 0.1) is 11.1 Å². The van der Waals surface area contributed by atoms with E-state index >= 15 is 0 Å². The molecule has 0 aromatic heterocycles. The lowest BCUT2D eigenvalue weighted by Crippen LogP contribution is -2.30. The summed E-state index contributed by atoms with van der Waals surface area (Å²) in [4.78, 5) is 0. The molecule has 0 aliphatic carbocycles. The van der Waals surface area contributed by atoms with E-state index in [1.54, 1.807) is 0 Å². The zero-order chi connectivity index (χ0) is 20.1. The number of hydrogen-bond donors (Lipinski definition) is 4. The van der Waals surface area contributed by atoms with Crippen LogP contribution in [0, 0.1) is 0 Å². The van der Waals surface area contributed by atoms with E-state index in [9.17, 15) is 26.3 Å². The Morgan fingerprint density at radius 3 is 1.12 bits per heavy atom. The minimum atomic E-state index is -4.45. The molecule has 0 aliphatic rings. The first-order valence-electron chi connectivity index (χ1n) is 6.89. The molecular formula is C14H12B2F6O4. The zero-order valence-electron chi connectivity index (χ0n) is 12.8. The quantitative estimate of drug-likeness (QED) is 0.459. The van der Waals surface area contributed by atoms with E-state index in [1.165, 1.54) is 12.1 Å². The van der Waals surface area contributed by atoms with Crippen LogP contribution >= 0.6 is 0 Å².